The van der Waals surface area contributed by atoms with Crippen molar-refractivity contribution in [3.63, 3.8) is 0 Å². The van der Waals surface area contributed by atoms with Gasteiger partial charge in [-0.1, -0.05) is 17.8 Å². The van der Waals surface area contributed by atoms with Crippen LogP contribution in [0.2, 0.25) is 0 Å². The monoisotopic (exact) mass is 212 g/mol. The van der Waals surface area contributed by atoms with Crippen LogP contribution in [-0.4, -0.2) is 16.1 Å². The molecule has 3 N–H and O–H groups in total. The molecular weight excluding hydrogens is 200 g/mol. The summed E-state index contributed by atoms with van der Waals surface area (Å²) in [7, 11) is 0. The molecule has 1 fully saturated rings. The summed E-state index contributed by atoms with van der Waals surface area (Å²) in [6, 6.07) is 0. The number of carbonyl (C=O) groups excluding carboxylic acids is 1. The van der Waals surface area contributed by atoms with E-state index in [9.17, 15) is 4.79 Å². The van der Waals surface area contributed by atoms with Crippen LogP contribution in [0, 0.1) is 5.92 Å². The van der Waals surface area contributed by atoms with Crippen LogP contribution in [0.3, 0.4) is 0 Å². The first-order valence-electron chi connectivity index (χ1n) is 4.63. The van der Waals surface area contributed by atoms with E-state index < -0.39 is 0 Å². The molecule has 1 heterocycles. The number of hydrogen-bond acceptors (Lipinski definition) is 5. The molecule has 0 spiro atoms. The van der Waals surface area contributed by atoms with E-state index in [2.05, 4.69) is 15.5 Å². The lowest BCUT2D eigenvalue weighted by molar-refractivity contribution is -0.117. The molecule has 1 aliphatic rings. The zero-order chi connectivity index (χ0) is 9.97. The summed E-state index contributed by atoms with van der Waals surface area (Å²) in [4.78, 5) is 11.4. The number of amides is 1. The first-order valence-corrected chi connectivity index (χ1v) is 5.44. The Hall–Kier alpha value is -1.17. The summed E-state index contributed by atoms with van der Waals surface area (Å²) in [6.07, 6.45) is 4.19. The molecule has 0 bridgehead atoms. The molecule has 6 heteroatoms. The topological polar surface area (TPSA) is 80.9 Å². The number of aromatic nitrogens is 2. The van der Waals surface area contributed by atoms with Gasteiger partial charge in [0.25, 0.3) is 0 Å². The van der Waals surface area contributed by atoms with Gasteiger partial charge >= 0.3 is 0 Å². The number of nitrogens with zero attached hydrogens (tertiary/aromatic N) is 2. The molecule has 2 rings (SSSR count). The van der Waals surface area contributed by atoms with E-state index in [-0.39, 0.29) is 5.91 Å². The Kier molecular flexibility index (Phi) is 2.62. The van der Waals surface area contributed by atoms with Gasteiger partial charge in [0.2, 0.25) is 16.2 Å². The van der Waals surface area contributed by atoms with Gasteiger partial charge in [0, 0.05) is 6.42 Å². The molecule has 0 radical (unpaired) electrons. The van der Waals surface area contributed by atoms with Gasteiger partial charge in [-0.05, 0) is 18.8 Å². The zero-order valence-corrected chi connectivity index (χ0v) is 8.51. The fourth-order valence-electron chi connectivity index (χ4n) is 1.41. The van der Waals surface area contributed by atoms with Crippen molar-refractivity contribution in [3.05, 3.63) is 0 Å². The second-order valence-corrected chi connectivity index (χ2v) is 4.50. The van der Waals surface area contributed by atoms with E-state index in [0.717, 1.165) is 0 Å². The molecule has 0 atom stereocenters. The molecule has 1 aromatic rings. The molecule has 14 heavy (non-hydrogen) atoms. The Bertz CT molecular complexity index is 334. The number of nitrogens with one attached hydrogen (secondary N) is 1. The van der Waals surface area contributed by atoms with Crippen molar-refractivity contribution in [2.45, 2.75) is 25.7 Å². The number of nitrogens with two attached hydrogens (primary N) is 1. The van der Waals surface area contributed by atoms with E-state index in [1.807, 2.05) is 0 Å². The lowest BCUT2D eigenvalue weighted by Gasteiger charge is -2.24. The number of nitrogen functional groups attached to an aromatic ring is 1. The SMILES string of the molecule is Nc1nnc(NC(=O)CC2CCC2)s1. The Balaban J connectivity index is 1.81. The fourth-order valence-corrected chi connectivity index (χ4v) is 1.94. The van der Waals surface area contributed by atoms with Gasteiger partial charge in [0.15, 0.2) is 0 Å². The maximum absolute atomic E-state index is 11.4. The molecule has 1 saturated carbocycles. The third-order valence-electron chi connectivity index (χ3n) is 2.39. The lowest BCUT2D eigenvalue weighted by atomic mass is 9.83. The van der Waals surface area contributed by atoms with Crippen LogP contribution in [0.25, 0.3) is 0 Å². The minimum absolute atomic E-state index is 0.0193. The third kappa shape index (κ3) is 2.20. The average Bonchev–Trinajstić information content (AvgIpc) is 2.44. The summed E-state index contributed by atoms with van der Waals surface area (Å²) in [5.74, 6) is 0.589. The minimum atomic E-state index is 0.0193. The highest BCUT2D eigenvalue weighted by molar-refractivity contribution is 7.18. The Labute approximate surface area is 85.7 Å². The standard InChI is InChI=1S/C8H12N4OS/c9-7-11-12-8(14-7)10-6(13)4-5-2-1-3-5/h5H,1-4H2,(H2,9,11)(H,10,12,13). The molecule has 0 aliphatic heterocycles. The van der Waals surface area contributed by atoms with Crippen molar-refractivity contribution in [2.75, 3.05) is 11.1 Å². The minimum Gasteiger partial charge on any atom is -0.374 e. The predicted molar refractivity (Wildman–Crippen MR) is 54.9 cm³/mol. The highest BCUT2D eigenvalue weighted by Gasteiger charge is 2.21. The molecule has 1 amide bonds. The lowest BCUT2D eigenvalue weighted by Crippen LogP contribution is -2.20. The summed E-state index contributed by atoms with van der Waals surface area (Å²) >= 11 is 1.19. The molecular formula is C8H12N4OS. The molecule has 76 valence electrons. The third-order valence-corrected chi connectivity index (χ3v) is 3.05. The number of carbonyl (C=O) groups is 1. The molecule has 5 nitrogen and oxygen atoms in total. The van der Waals surface area contributed by atoms with Gasteiger partial charge in [0.1, 0.15) is 0 Å². The van der Waals surface area contributed by atoms with Crippen molar-refractivity contribution < 1.29 is 4.79 Å². The number of hydrogen-bond donors (Lipinski definition) is 2. The largest absolute Gasteiger partial charge is 0.374 e. The molecule has 0 saturated heterocycles. The van der Waals surface area contributed by atoms with Gasteiger partial charge in [0.05, 0.1) is 0 Å². The Morgan fingerprint density at radius 2 is 2.36 bits per heavy atom. The number of anilines is 2. The van der Waals surface area contributed by atoms with E-state index in [1.165, 1.54) is 30.6 Å². The second kappa shape index (κ2) is 3.91. The van der Waals surface area contributed by atoms with Gasteiger partial charge in [-0.3, -0.25) is 4.79 Å². The first-order chi connectivity index (χ1) is 6.74. The maximum atomic E-state index is 11.4. The first kappa shape index (κ1) is 9.39. The van der Waals surface area contributed by atoms with Crippen molar-refractivity contribution in [1.29, 1.82) is 0 Å². The van der Waals surface area contributed by atoms with Crippen molar-refractivity contribution in [1.82, 2.24) is 10.2 Å². The van der Waals surface area contributed by atoms with Crippen molar-refractivity contribution in [3.8, 4) is 0 Å². The van der Waals surface area contributed by atoms with Crippen LogP contribution in [0.15, 0.2) is 0 Å². The van der Waals surface area contributed by atoms with Crippen LogP contribution in [0.1, 0.15) is 25.7 Å². The highest BCUT2D eigenvalue weighted by Crippen LogP contribution is 2.29. The van der Waals surface area contributed by atoms with Crippen molar-refractivity contribution in [2.24, 2.45) is 5.92 Å². The van der Waals surface area contributed by atoms with E-state index in [0.29, 0.717) is 22.6 Å². The van der Waals surface area contributed by atoms with E-state index in [4.69, 9.17) is 5.73 Å². The summed E-state index contributed by atoms with van der Waals surface area (Å²) in [5, 5.41) is 10.9. The van der Waals surface area contributed by atoms with Crippen LogP contribution < -0.4 is 11.1 Å². The molecule has 0 unspecified atom stereocenters. The number of rotatable bonds is 3. The van der Waals surface area contributed by atoms with Crippen molar-refractivity contribution >= 4 is 27.5 Å². The smallest absolute Gasteiger partial charge is 0.226 e. The van der Waals surface area contributed by atoms with Crippen LogP contribution in [0.4, 0.5) is 10.3 Å². The average molecular weight is 212 g/mol. The van der Waals surface area contributed by atoms with E-state index in [1.54, 1.807) is 0 Å². The Morgan fingerprint density at radius 1 is 1.57 bits per heavy atom. The summed E-state index contributed by atoms with van der Waals surface area (Å²) < 4.78 is 0. The Morgan fingerprint density at radius 3 is 2.86 bits per heavy atom. The summed E-state index contributed by atoms with van der Waals surface area (Å²) in [6.45, 7) is 0. The quantitative estimate of drug-likeness (QED) is 0.790. The van der Waals surface area contributed by atoms with Crippen LogP contribution in [0.5, 0.6) is 0 Å². The van der Waals surface area contributed by atoms with Gasteiger partial charge in [-0.15, -0.1) is 10.2 Å². The fraction of sp³-hybridized carbons (Fsp3) is 0.625. The predicted octanol–water partition coefficient (Wildman–Crippen LogP) is 1.25. The van der Waals surface area contributed by atoms with Crippen LogP contribution >= 0.6 is 11.3 Å². The van der Waals surface area contributed by atoms with E-state index >= 15 is 0 Å². The summed E-state index contributed by atoms with van der Waals surface area (Å²) in [5.41, 5.74) is 5.39. The van der Waals surface area contributed by atoms with Crippen LogP contribution in [-0.2, 0) is 4.79 Å². The highest BCUT2D eigenvalue weighted by atomic mass is 32.1. The van der Waals surface area contributed by atoms with Gasteiger partial charge < -0.3 is 11.1 Å². The van der Waals surface area contributed by atoms with Gasteiger partial charge in [-0.25, -0.2) is 0 Å². The maximum Gasteiger partial charge on any atom is 0.226 e. The zero-order valence-electron chi connectivity index (χ0n) is 7.69. The molecule has 0 aromatic carbocycles. The molecule has 1 aromatic heterocycles. The normalized spacial score (nSPS) is 16.3. The molecule has 1 aliphatic carbocycles. The second-order valence-electron chi connectivity index (χ2n) is 3.49. The van der Waals surface area contributed by atoms with Gasteiger partial charge in [-0.2, -0.15) is 0 Å².